The Bertz CT molecular complexity index is 1700. The van der Waals surface area contributed by atoms with E-state index in [4.69, 9.17) is 17.3 Å². The molecule has 5 aromatic rings. The number of nitrogens with one attached hydrogen (secondary N) is 1. The lowest BCUT2D eigenvalue weighted by atomic mass is 10.0. The number of carbonyl (C=O) groups is 2. The van der Waals surface area contributed by atoms with Crippen LogP contribution in [0.2, 0.25) is 5.15 Å². The zero-order chi connectivity index (χ0) is 25.9. The van der Waals surface area contributed by atoms with Gasteiger partial charge >= 0.3 is 0 Å². The third-order valence-electron chi connectivity index (χ3n) is 5.73. The Kier molecular flexibility index (Phi) is 6.32. The summed E-state index contributed by atoms with van der Waals surface area (Å²) in [6, 6.07) is 19.4. The summed E-state index contributed by atoms with van der Waals surface area (Å²) in [7, 11) is 0. The van der Waals surface area contributed by atoms with Crippen LogP contribution >= 0.6 is 11.6 Å². The summed E-state index contributed by atoms with van der Waals surface area (Å²) in [6.07, 6.45) is 4.85. The van der Waals surface area contributed by atoms with Crippen LogP contribution in [0.3, 0.4) is 0 Å². The number of rotatable bonds is 6. The van der Waals surface area contributed by atoms with Crippen molar-refractivity contribution in [1.29, 1.82) is 5.26 Å². The van der Waals surface area contributed by atoms with Gasteiger partial charge in [0.05, 0.1) is 23.2 Å². The molecule has 0 radical (unpaired) electrons. The highest BCUT2D eigenvalue weighted by atomic mass is 35.5. The molecular weight excluding hydrogens is 490 g/mol. The summed E-state index contributed by atoms with van der Waals surface area (Å²) in [4.78, 5) is 37.2. The number of nitrogens with two attached hydrogens (primary N) is 1. The van der Waals surface area contributed by atoms with E-state index in [1.807, 2.05) is 6.07 Å². The molecule has 0 aliphatic rings. The van der Waals surface area contributed by atoms with Crippen LogP contribution in [0, 0.1) is 11.3 Å². The highest BCUT2D eigenvalue weighted by Crippen LogP contribution is 2.29. The van der Waals surface area contributed by atoms with E-state index in [-0.39, 0.29) is 17.5 Å². The molecule has 1 amide bonds. The van der Waals surface area contributed by atoms with E-state index < -0.39 is 5.91 Å². The molecular formula is C27H18ClN7O2. The Morgan fingerprint density at radius 2 is 1.86 bits per heavy atom. The minimum absolute atomic E-state index is 0.0461. The second-order valence-electron chi connectivity index (χ2n) is 8.12. The molecule has 0 saturated heterocycles. The number of pyridine rings is 1. The number of amides is 1. The molecule has 0 unspecified atom stereocenters. The standard InChI is InChI=1S/C27H18ClN7O2/c28-25-18(2-1-9-31-25)14-23(36)35-11-8-17-12-19(13-20(15-29)24(17)35)22-7-10-32-27(34-22)33-21-5-3-16(4-6-21)26(30)37/h1-13H,14H2,(H2,30,37)(H,32,33,34). The average molecular weight is 508 g/mol. The van der Waals surface area contributed by atoms with Gasteiger partial charge in [-0.1, -0.05) is 17.7 Å². The topological polar surface area (TPSA) is 140 Å². The van der Waals surface area contributed by atoms with Gasteiger partial charge in [-0.15, -0.1) is 0 Å². The summed E-state index contributed by atoms with van der Waals surface area (Å²) < 4.78 is 1.46. The maximum atomic E-state index is 13.1. The monoisotopic (exact) mass is 507 g/mol. The molecule has 0 saturated carbocycles. The third kappa shape index (κ3) is 4.87. The predicted molar refractivity (Wildman–Crippen MR) is 139 cm³/mol. The lowest BCUT2D eigenvalue weighted by Crippen LogP contribution is -2.13. The van der Waals surface area contributed by atoms with Crippen LogP contribution in [-0.4, -0.2) is 31.3 Å². The van der Waals surface area contributed by atoms with Crippen molar-refractivity contribution in [2.75, 3.05) is 5.32 Å². The van der Waals surface area contributed by atoms with E-state index in [1.54, 1.807) is 73.2 Å². The van der Waals surface area contributed by atoms with Gasteiger partial charge in [-0.2, -0.15) is 5.26 Å². The van der Waals surface area contributed by atoms with Gasteiger partial charge in [-0.05, 0) is 60.2 Å². The number of anilines is 2. The fourth-order valence-electron chi connectivity index (χ4n) is 3.95. The van der Waals surface area contributed by atoms with Crippen molar-refractivity contribution in [3.05, 3.63) is 101 Å². The second-order valence-corrected chi connectivity index (χ2v) is 8.47. The number of halogens is 1. The van der Waals surface area contributed by atoms with E-state index in [9.17, 15) is 14.9 Å². The van der Waals surface area contributed by atoms with Gasteiger partial charge < -0.3 is 11.1 Å². The summed E-state index contributed by atoms with van der Waals surface area (Å²) in [5.41, 5.74) is 9.10. The molecule has 3 N–H and O–H groups in total. The lowest BCUT2D eigenvalue weighted by molar-refractivity contribution is 0.0918. The Balaban J connectivity index is 1.45. The first-order valence-corrected chi connectivity index (χ1v) is 11.5. The molecule has 0 bridgehead atoms. The fourth-order valence-corrected chi connectivity index (χ4v) is 4.14. The molecule has 3 aromatic heterocycles. The van der Waals surface area contributed by atoms with Gasteiger partial charge in [0, 0.05) is 40.8 Å². The molecule has 0 atom stereocenters. The molecule has 180 valence electrons. The number of primary amides is 1. The molecule has 0 fully saturated rings. The van der Waals surface area contributed by atoms with Crippen LogP contribution in [0.4, 0.5) is 11.6 Å². The van der Waals surface area contributed by atoms with Gasteiger partial charge in [0.25, 0.3) is 0 Å². The van der Waals surface area contributed by atoms with Crippen LogP contribution in [0.15, 0.2) is 79.3 Å². The number of hydrogen-bond donors (Lipinski definition) is 2. The molecule has 3 heterocycles. The summed E-state index contributed by atoms with van der Waals surface area (Å²) in [6.45, 7) is 0. The van der Waals surface area contributed by atoms with E-state index in [1.165, 1.54) is 4.57 Å². The predicted octanol–water partition coefficient (Wildman–Crippen LogP) is 4.74. The van der Waals surface area contributed by atoms with Crippen molar-refractivity contribution in [3.8, 4) is 17.3 Å². The normalized spacial score (nSPS) is 10.7. The summed E-state index contributed by atoms with van der Waals surface area (Å²) in [5, 5.41) is 14.0. The minimum atomic E-state index is -0.509. The Morgan fingerprint density at radius 1 is 1.05 bits per heavy atom. The number of carbonyl (C=O) groups excluding carboxylic acids is 2. The van der Waals surface area contributed by atoms with Gasteiger partial charge in [-0.25, -0.2) is 15.0 Å². The highest BCUT2D eigenvalue weighted by molar-refractivity contribution is 6.30. The first kappa shape index (κ1) is 23.7. The van der Waals surface area contributed by atoms with Crippen molar-refractivity contribution >= 4 is 46.0 Å². The van der Waals surface area contributed by atoms with Gasteiger partial charge in [0.1, 0.15) is 11.2 Å². The van der Waals surface area contributed by atoms with Crippen LogP contribution in [0.5, 0.6) is 0 Å². The first-order chi connectivity index (χ1) is 17.9. The van der Waals surface area contributed by atoms with Crippen molar-refractivity contribution in [1.82, 2.24) is 19.5 Å². The summed E-state index contributed by atoms with van der Waals surface area (Å²) >= 11 is 6.12. The number of nitrogens with zero attached hydrogens (tertiary/aromatic N) is 5. The lowest BCUT2D eigenvalue weighted by Gasteiger charge is -2.09. The Labute approximate surface area is 216 Å². The minimum Gasteiger partial charge on any atom is -0.366 e. The van der Waals surface area contributed by atoms with E-state index in [0.717, 1.165) is 5.39 Å². The maximum absolute atomic E-state index is 13.1. The van der Waals surface area contributed by atoms with Gasteiger partial charge in [-0.3, -0.25) is 14.2 Å². The quantitative estimate of drug-likeness (QED) is 0.316. The number of fused-ring (bicyclic) bond motifs is 1. The Morgan fingerprint density at radius 3 is 2.59 bits per heavy atom. The zero-order valence-electron chi connectivity index (χ0n) is 19.2. The molecule has 0 aliphatic heterocycles. The van der Waals surface area contributed by atoms with Crippen molar-refractivity contribution < 1.29 is 9.59 Å². The molecule has 9 nitrogen and oxygen atoms in total. The largest absolute Gasteiger partial charge is 0.366 e. The zero-order valence-corrected chi connectivity index (χ0v) is 20.0. The number of hydrogen-bond acceptors (Lipinski definition) is 7. The molecule has 0 aliphatic carbocycles. The van der Waals surface area contributed by atoms with Crippen LogP contribution in [-0.2, 0) is 6.42 Å². The second kappa shape index (κ2) is 9.89. The molecule has 2 aromatic carbocycles. The molecule has 10 heteroatoms. The summed E-state index contributed by atoms with van der Waals surface area (Å²) in [5.74, 6) is -0.404. The van der Waals surface area contributed by atoms with E-state index >= 15 is 0 Å². The van der Waals surface area contributed by atoms with Gasteiger partial charge in [0.15, 0.2) is 0 Å². The van der Waals surface area contributed by atoms with Crippen LogP contribution in [0.25, 0.3) is 22.2 Å². The average Bonchev–Trinajstić information content (AvgIpc) is 3.34. The van der Waals surface area contributed by atoms with E-state index in [2.05, 4.69) is 26.3 Å². The fraction of sp³-hybridized carbons (Fsp3) is 0.0370. The van der Waals surface area contributed by atoms with Crippen molar-refractivity contribution in [2.24, 2.45) is 5.73 Å². The number of benzene rings is 2. The van der Waals surface area contributed by atoms with Crippen LogP contribution in [0.1, 0.15) is 26.3 Å². The molecule has 0 spiro atoms. The van der Waals surface area contributed by atoms with Crippen molar-refractivity contribution in [2.45, 2.75) is 6.42 Å². The highest BCUT2D eigenvalue weighted by Gasteiger charge is 2.17. The SMILES string of the molecule is N#Cc1cc(-c2ccnc(Nc3ccc(C(N)=O)cc3)n2)cc2ccn(C(=O)Cc3cccnc3Cl)c12. The smallest absolute Gasteiger partial charge is 0.248 e. The number of aromatic nitrogens is 4. The molecule has 5 rings (SSSR count). The van der Waals surface area contributed by atoms with Crippen molar-refractivity contribution in [3.63, 3.8) is 0 Å². The van der Waals surface area contributed by atoms with Gasteiger partial charge in [0.2, 0.25) is 17.8 Å². The molecule has 37 heavy (non-hydrogen) atoms. The maximum Gasteiger partial charge on any atom is 0.248 e. The van der Waals surface area contributed by atoms with Crippen LogP contribution < -0.4 is 11.1 Å². The first-order valence-electron chi connectivity index (χ1n) is 11.1. The third-order valence-corrected chi connectivity index (χ3v) is 6.07. The Hall–Kier alpha value is -5.07. The number of nitriles is 1. The van der Waals surface area contributed by atoms with E-state index in [0.29, 0.717) is 45.1 Å².